The van der Waals surface area contributed by atoms with Crippen molar-refractivity contribution in [2.45, 2.75) is 36.0 Å². The standard InChI is InChI=1S/C66H61N3S2/c1-66(2,3)50-24-20-44(21-25-50)49-40-61-59-38-45-22-26-55(67(51-16-12-10-13-17-51)53-28-32-57(33-29-53)70(4,5)6)36-47(45)42-63(59)69-64-43-48-37-56(27-23-46(48)39-60(64)62(41-49)65(61)69)68(52-18-14-11-15-19-52)54-30-34-58(35-31-54)71(7,8)9/h10-43H,1-9H3. The molecule has 5 heteroatoms. The molecule has 0 saturated heterocycles. The molecule has 2 heterocycles. The van der Waals surface area contributed by atoms with Gasteiger partial charge in [-0.3, -0.25) is 0 Å². The zero-order valence-corrected chi connectivity index (χ0v) is 43.9. The molecule has 0 atom stereocenters. The fourth-order valence-electron chi connectivity index (χ4n) is 10.7. The van der Waals surface area contributed by atoms with Gasteiger partial charge in [0.1, 0.15) is 0 Å². The molecule has 0 aliphatic rings. The summed E-state index contributed by atoms with van der Waals surface area (Å²) in [4.78, 5) is 7.60. The zero-order valence-electron chi connectivity index (χ0n) is 42.3. The molecule has 0 fully saturated rings. The van der Waals surface area contributed by atoms with Gasteiger partial charge in [0.15, 0.2) is 0 Å². The van der Waals surface area contributed by atoms with Crippen LogP contribution in [0, 0.1) is 0 Å². The SMILES string of the molecule is CC(C)(C)c1ccc(-c2cc3c4cc5ccc(N(c6ccccc6)c6ccc(S(C)(C)C)cc6)cc5cc4n4c5cc6cc(N(c7ccccc7)c7ccc(S(C)(C)C)cc7)ccc6cc5c(c2)c34)cc1. The number of nitrogens with zero attached hydrogens (tertiary/aromatic N) is 3. The third-order valence-electron chi connectivity index (χ3n) is 14.5. The summed E-state index contributed by atoms with van der Waals surface area (Å²) in [5, 5.41) is 9.96. The van der Waals surface area contributed by atoms with Gasteiger partial charge in [-0.1, -0.05) is 93.6 Å². The Morgan fingerprint density at radius 3 is 1.13 bits per heavy atom. The van der Waals surface area contributed by atoms with E-state index in [2.05, 4.69) is 279 Å². The zero-order chi connectivity index (χ0) is 49.0. The van der Waals surface area contributed by atoms with Crippen molar-refractivity contribution < 1.29 is 0 Å². The Balaban J connectivity index is 1.08. The molecule has 12 aromatic rings. The van der Waals surface area contributed by atoms with Crippen molar-refractivity contribution in [1.82, 2.24) is 4.40 Å². The van der Waals surface area contributed by atoms with E-state index in [1.807, 2.05) is 0 Å². The Hall–Kier alpha value is -7.18. The van der Waals surface area contributed by atoms with Crippen molar-refractivity contribution in [1.29, 1.82) is 0 Å². The van der Waals surface area contributed by atoms with E-state index in [-0.39, 0.29) is 5.41 Å². The highest BCUT2D eigenvalue weighted by atomic mass is 32.3. The van der Waals surface area contributed by atoms with E-state index in [4.69, 9.17) is 0 Å². The largest absolute Gasteiger partial charge is 0.310 e. The molecular weight excluding hydrogens is 899 g/mol. The van der Waals surface area contributed by atoms with Crippen molar-refractivity contribution in [2.75, 3.05) is 47.3 Å². The topological polar surface area (TPSA) is 10.9 Å². The first kappa shape index (κ1) is 45.0. The second-order valence-electron chi connectivity index (χ2n) is 21.9. The number of hydrogen-bond acceptors (Lipinski definition) is 2. The summed E-state index contributed by atoms with van der Waals surface area (Å²) >= 11 is 0. The van der Waals surface area contributed by atoms with Crippen LogP contribution in [0.4, 0.5) is 34.1 Å². The first-order chi connectivity index (χ1) is 34.1. The molecule has 12 rings (SSSR count). The first-order valence-corrected chi connectivity index (χ1v) is 30.3. The molecular formula is C66H61N3S2. The van der Waals surface area contributed by atoms with Gasteiger partial charge in [0.05, 0.1) is 16.6 Å². The van der Waals surface area contributed by atoms with E-state index >= 15 is 0 Å². The summed E-state index contributed by atoms with van der Waals surface area (Å²) in [7, 11) is -1.71. The minimum Gasteiger partial charge on any atom is -0.310 e. The molecule has 0 spiro atoms. The Bertz CT molecular complexity index is 3720. The van der Waals surface area contributed by atoms with E-state index in [0.29, 0.717) is 0 Å². The normalized spacial score (nSPS) is 13.0. The van der Waals surface area contributed by atoms with Gasteiger partial charge in [0.2, 0.25) is 0 Å². The number of fused-ring (bicyclic) bond motifs is 8. The molecule has 0 amide bonds. The van der Waals surface area contributed by atoms with Crippen LogP contribution < -0.4 is 9.80 Å². The van der Waals surface area contributed by atoms with Crippen LogP contribution in [0.2, 0.25) is 0 Å². The van der Waals surface area contributed by atoms with Crippen LogP contribution in [0.3, 0.4) is 0 Å². The molecule has 0 aliphatic carbocycles. The summed E-state index contributed by atoms with van der Waals surface area (Å²) < 4.78 is 2.56. The summed E-state index contributed by atoms with van der Waals surface area (Å²) in [5.74, 6) is 0. The maximum absolute atomic E-state index is 2.56. The maximum atomic E-state index is 2.56. The monoisotopic (exact) mass is 959 g/mol. The third-order valence-corrected chi connectivity index (χ3v) is 17.9. The van der Waals surface area contributed by atoms with Crippen LogP contribution in [0.15, 0.2) is 216 Å². The quantitative estimate of drug-likeness (QED) is 0.143. The Morgan fingerprint density at radius 1 is 0.338 bits per heavy atom. The molecule has 0 saturated carbocycles. The highest BCUT2D eigenvalue weighted by Crippen LogP contribution is 2.49. The summed E-state index contributed by atoms with van der Waals surface area (Å²) in [5.41, 5.74) is 14.4. The van der Waals surface area contributed by atoms with Crippen molar-refractivity contribution in [3.63, 3.8) is 0 Å². The lowest BCUT2D eigenvalue weighted by Gasteiger charge is -2.29. The molecule has 352 valence electrons. The van der Waals surface area contributed by atoms with Gasteiger partial charge < -0.3 is 14.2 Å². The number of rotatable bonds is 9. The molecule has 3 nitrogen and oxygen atoms in total. The van der Waals surface area contributed by atoms with Crippen LogP contribution in [-0.2, 0) is 5.41 Å². The van der Waals surface area contributed by atoms with E-state index in [9.17, 15) is 0 Å². The van der Waals surface area contributed by atoms with E-state index < -0.39 is 20.1 Å². The van der Waals surface area contributed by atoms with Crippen molar-refractivity contribution >= 4 is 114 Å². The summed E-state index contributed by atoms with van der Waals surface area (Å²) in [6.07, 6.45) is 14.2. The predicted molar refractivity (Wildman–Crippen MR) is 317 cm³/mol. The Morgan fingerprint density at radius 2 is 0.732 bits per heavy atom. The van der Waals surface area contributed by atoms with Crippen LogP contribution in [0.25, 0.3) is 70.8 Å². The van der Waals surface area contributed by atoms with Crippen LogP contribution in [0.1, 0.15) is 26.3 Å². The Labute approximate surface area is 422 Å². The minimum atomic E-state index is -0.854. The van der Waals surface area contributed by atoms with Gasteiger partial charge in [-0.15, -0.1) is 0 Å². The van der Waals surface area contributed by atoms with Gasteiger partial charge in [0, 0.05) is 55.7 Å². The third kappa shape index (κ3) is 7.96. The average Bonchev–Trinajstić information content (AvgIpc) is 3.85. The molecule has 0 bridgehead atoms. The molecule has 2 aromatic heterocycles. The fraction of sp³-hybridized carbons (Fsp3) is 0.152. The van der Waals surface area contributed by atoms with Gasteiger partial charge in [-0.25, -0.2) is 20.1 Å². The second-order valence-corrected chi connectivity index (χ2v) is 30.2. The van der Waals surface area contributed by atoms with E-state index in [0.717, 1.165) is 34.1 Å². The van der Waals surface area contributed by atoms with Crippen molar-refractivity contribution in [3.05, 3.63) is 212 Å². The highest BCUT2D eigenvalue weighted by molar-refractivity contribution is 8.32. The van der Waals surface area contributed by atoms with Crippen LogP contribution in [-0.4, -0.2) is 41.9 Å². The number of benzene rings is 10. The molecule has 0 aliphatic heterocycles. The van der Waals surface area contributed by atoms with Crippen LogP contribution >= 0.6 is 20.1 Å². The van der Waals surface area contributed by atoms with E-state index in [1.165, 1.54) is 86.1 Å². The van der Waals surface area contributed by atoms with Gasteiger partial charge in [0.25, 0.3) is 0 Å². The first-order valence-electron chi connectivity index (χ1n) is 24.6. The lowest BCUT2D eigenvalue weighted by atomic mass is 9.86. The Kier molecular flexibility index (Phi) is 10.6. The fourth-order valence-corrected chi connectivity index (χ4v) is 12.6. The molecule has 0 unspecified atom stereocenters. The molecule has 10 aromatic carbocycles. The molecule has 71 heavy (non-hydrogen) atoms. The van der Waals surface area contributed by atoms with Gasteiger partial charge in [-0.05, 0) is 224 Å². The lowest BCUT2D eigenvalue weighted by molar-refractivity contribution is 0.590. The highest BCUT2D eigenvalue weighted by Gasteiger charge is 2.23. The maximum Gasteiger partial charge on any atom is 0.0620 e. The van der Waals surface area contributed by atoms with Gasteiger partial charge in [-0.2, -0.15) is 0 Å². The average molecular weight is 960 g/mol. The lowest BCUT2D eigenvalue weighted by Crippen LogP contribution is -2.10. The molecule has 0 radical (unpaired) electrons. The van der Waals surface area contributed by atoms with Crippen molar-refractivity contribution in [2.24, 2.45) is 0 Å². The smallest absolute Gasteiger partial charge is 0.0620 e. The number of anilines is 6. The molecule has 0 N–H and O–H groups in total. The van der Waals surface area contributed by atoms with Crippen molar-refractivity contribution in [3.8, 4) is 11.1 Å². The van der Waals surface area contributed by atoms with Crippen LogP contribution in [0.5, 0.6) is 0 Å². The second kappa shape index (κ2) is 16.7. The summed E-state index contributed by atoms with van der Waals surface area (Å²) in [6.45, 7) is 6.86. The number of para-hydroxylation sites is 2. The predicted octanol–water partition coefficient (Wildman–Crippen LogP) is 19.2. The number of aromatic nitrogens is 1. The summed E-state index contributed by atoms with van der Waals surface area (Å²) in [6, 6.07) is 77.9. The minimum absolute atomic E-state index is 0.0798. The van der Waals surface area contributed by atoms with Gasteiger partial charge >= 0.3 is 0 Å². The van der Waals surface area contributed by atoms with E-state index in [1.54, 1.807) is 0 Å². The number of hydrogen-bond donors (Lipinski definition) is 0.